The lowest BCUT2D eigenvalue weighted by molar-refractivity contribution is 0.289. The van der Waals surface area contributed by atoms with Gasteiger partial charge in [0.25, 0.3) is 0 Å². The van der Waals surface area contributed by atoms with Gasteiger partial charge in [0.2, 0.25) is 0 Å². The van der Waals surface area contributed by atoms with Crippen molar-refractivity contribution in [1.29, 1.82) is 0 Å². The predicted octanol–water partition coefficient (Wildman–Crippen LogP) is 4.84. The Labute approximate surface area is 128 Å². The average Bonchev–Trinajstić information content (AvgIpc) is 2.43. The molecule has 0 bridgehead atoms. The first-order chi connectivity index (χ1) is 10.1. The molecule has 1 aromatic rings. The van der Waals surface area contributed by atoms with Gasteiger partial charge in [-0.05, 0) is 37.5 Å². The van der Waals surface area contributed by atoms with Crippen LogP contribution in [0.15, 0.2) is 18.2 Å². The van der Waals surface area contributed by atoms with Gasteiger partial charge in [0.15, 0.2) is 11.6 Å². The van der Waals surface area contributed by atoms with E-state index in [0.717, 1.165) is 18.4 Å². The van der Waals surface area contributed by atoms with E-state index in [0.29, 0.717) is 18.8 Å². The molecule has 2 N–H and O–H groups in total. The van der Waals surface area contributed by atoms with E-state index in [1.807, 2.05) is 13.0 Å². The minimum atomic E-state index is -0.281. The first kappa shape index (κ1) is 18.0. The van der Waals surface area contributed by atoms with Crippen LogP contribution in [0, 0.1) is 5.82 Å². The monoisotopic (exact) mass is 295 g/mol. The largest absolute Gasteiger partial charge is 0.491 e. The van der Waals surface area contributed by atoms with Crippen LogP contribution in [0.5, 0.6) is 5.75 Å². The van der Waals surface area contributed by atoms with Gasteiger partial charge < -0.3 is 10.5 Å². The maximum Gasteiger partial charge on any atom is 0.165 e. The van der Waals surface area contributed by atoms with E-state index in [2.05, 4.69) is 6.92 Å². The molecule has 0 fully saturated rings. The van der Waals surface area contributed by atoms with Crippen LogP contribution in [-0.4, -0.2) is 12.6 Å². The number of unbranched alkanes of at least 4 members (excludes halogenated alkanes) is 6. The highest BCUT2D eigenvalue weighted by Crippen LogP contribution is 2.19. The van der Waals surface area contributed by atoms with Crippen molar-refractivity contribution in [1.82, 2.24) is 0 Å². The Morgan fingerprint density at radius 1 is 1.10 bits per heavy atom. The Morgan fingerprint density at radius 3 is 2.38 bits per heavy atom. The molecular weight excluding hydrogens is 265 g/mol. The summed E-state index contributed by atoms with van der Waals surface area (Å²) >= 11 is 0. The molecule has 21 heavy (non-hydrogen) atoms. The lowest BCUT2D eigenvalue weighted by Gasteiger charge is -2.10. The van der Waals surface area contributed by atoms with Gasteiger partial charge in [-0.3, -0.25) is 0 Å². The van der Waals surface area contributed by atoms with Crippen molar-refractivity contribution >= 4 is 0 Å². The van der Waals surface area contributed by atoms with Crippen molar-refractivity contribution in [2.45, 2.75) is 71.3 Å². The van der Waals surface area contributed by atoms with Gasteiger partial charge >= 0.3 is 0 Å². The van der Waals surface area contributed by atoms with Gasteiger partial charge in [0.05, 0.1) is 6.61 Å². The molecule has 1 atom stereocenters. The molecule has 0 saturated carbocycles. The molecule has 3 heteroatoms. The highest BCUT2D eigenvalue weighted by atomic mass is 19.1. The fraction of sp³-hybridized carbons (Fsp3) is 0.667. The molecular formula is C18H30FNO. The van der Waals surface area contributed by atoms with Gasteiger partial charge in [0, 0.05) is 6.04 Å². The molecule has 0 aromatic heterocycles. The number of rotatable bonds is 11. The third-order valence-electron chi connectivity index (χ3n) is 3.56. The fourth-order valence-electron chi connectivity index (χ4n) is 2.40. The van der Waals surface area contributed by atoms with Gasteiger partial charge in [-0.1, -0.05) is 51.5 Å². The van der Waals surface area contributed by atoms with Crippen molar-refractivity contribution in [2.75, 3.05) is 6.61 Å². The van der Waals surface area contributed by atoms with Crippen LogP contribution in [0.4, 0.5) is 4.39 Å². The maximum absolute atomic E-state index is 13.8. The number of halogens is 1. The molecule has 0 saturated heterocycles. The molecule has 0 aliphatic heterocycles. The van der Waals surface area contributed by atoms with Crippen LogP contribution in [0.2, 0.25) is 0 Å². The van der Waals surface area contributed by atoms with Gasteiger partial charge in [-0.2, -0.15) is 0 Å². The summed E-state index contributed by atoms with van der Waals surface area (Å²) in [7, 11) is 0. The van der Waals surface area contributed by atoms with Crippen LogP contribution in [-0.2, 0) is 6.42 Å². The Bertz CT molecular complexity index is 393. The van der Waals surface area contributed by atoms with Crippen molar-refractivity contribution in [3.8, 4) is 5.75 Å². The number of hydrogen-bond donors (Lipinski definition) is 1. The van der Waals surface area contributed by atoms with E-state index in [4.69, 9.17) is 10.5 Å². The zero-order chi connectivity index (χ0) is 15.5. The zero-order valence-electron chi connectivity index (χ0n) is 13.5. The lowest BCUT2D eigenvalue weighted by atomic mass is 10.1. The van der Waals surface area contributed by atoms with Crippen LogP contribution >= 0.6 is 0 Å². The molecule has 120 valence electrons. The molecule has 2 nitrogen and oxygen atoms in total. The second-order valence-corrected chi connectivity index (χ2v) is 5.92. The highest BCUT2D eigenvalue weighted by molar-refractivity contribution is 5.29. The molecule has 0 amide bonds. The smallest absolute Gasteiger partial charge is 0.165 e. The Balaban J connectivity index is 2.20. The molecule has 0 radical (unpaired) electrons. The Hall–Kier alpha value is -1.09. The van der Waals surface area contributed by atoms with Crippen LogP contribution in [0.25, 0.3) is 0 Å². The second kappa shape index (κ2) is 10.6. The number of benzene rings is 1. The number of hydrogen-bond acceptors (Lipinski definition) is 2. The minimum absolute atomic E-state index is 0.0453. The predicted molar refractivity (Wildman–Crippen MR) is 87.2 cm³/mol. The van der Waals surface area contributed by atoms with Crippen molar-refractivity contribution < 1.29 is 9.13 Å². The molecule has 0 aliphatic rings. The Morgan fingerprint density at radius 2 is 1.76 bits per heavy atom. The summed E-state index contributed by atoms with van der Waals surface area (Å²) < 4.78 is 19.4. The van der Waals surface area contributed by atoms with E-state index in [1.165, 1.54) is 38.2 Å². The minimum Gasteiger partial charge on any atom is -0.491 e. The van der Waals surface area contributed by atoms with Crippen molar-refractivity contribution in [2.24, 2.45) is 5.73 Å². The van der Waals surface area contributed by atoms with Crippen molar-refractivity contribution in [3.05, 3.63) is 29.6 Å². The third-order valence-corrected chi connectivity index (χ3v) is 3.56. The van der Waals surface area contributed by atoms with Gasteiger partial charge in [0.1, 0.15) is 0 Å². The third kappa shape index (κ3) is 8.05. The van der Waals surface area contributed by atoms with Crippen LogP contribution in [0.3, 0.4) is 0 Å². The number of nitrogens with two attached hydrogens (primary N) is 1. The summed E-state index contributed by atoms with van der Waals surface area (Å²) in [6.45, 7) is 4.74. The number of ether oxygens (including phenoxy) is 1. The molecule has 0 spiro atoms. The summed E-state index contributed by atoms with van der Waals surface area (Å²) in [4.78, 5) is 0. The zero-order valence-corrected chi connectivity index (χ0v) is 13.5. The standard InChI is InChI=1S/C18H30FNO/c1-3-4-5-6-7-8-9-12-21-18-11-10-16(13-15(2)20)14-17(18)19/h10-11,14-15H,3-9,12-13,20H2,1-2H3. The second-order valence-electron chi connectivity index (χ2n) is 5.92. The van der Waals surface area contributed by atoms with Gasteiger partial charge in [-0.25, -0.2) is 4.39 Å². The normalized spacial score (nSPS) is 12.4. The van der Waals surface area contributed by atoms with Gasteiger partial charge in [-0.15, -0.1) is 0 Å². The van der Waals surface area contributed by atoms with E-state index in [-0.39, 0.29) is 11.9 Å². The van der Waals surface area contributed by atoms with Crippen LogP contribution < -0.4 is 10.5 Å². The molecule has 0 aliphatic carbocycles. The fourth-order valence-corrected chi connectivity index (χ4v) is 2.40. The lowest BCUT2D eigenvalue weighted by Crippen LogP contribution is -2.17. The maximum atomic E-state index is 13.8. The SMILES string of the molecule is CCCCCCCCCOc1ccc(CC(C)N)cc1F. The van der Waals surface area contributed by atoms with Crippen LogP contribution in [0.1, 0.15) is 64.4 Å². The molecule has 0 heterocycles. The van der Waals surface area contributed by atoms with E-state index in [1.54, 1.807) is 6.07 Å². The Kier molecular flexibility index (Phi) is 9.07. The van der Waals surface area contributed by atoms with Crippen molar-refractivity contribution in [3.63, 3.8) is 0 Å². The topological polar surface area (TPSA) is 35.2 Å². The first-order valence-electron chi connectivity index (χ1n) is 8.30. The highest BCUT2D eigenvalue weighted by Gasteiger charge is 2.06. The van der Waals surface area contributed by atoms with E-state index in [9.17, 15) is 4.39 Å². The summed E-state index contributed by atoms with van der Waals surface area (Å²) in [5.41, 5.74) is 6.64. The van der Waals surface area contributed by atoms with E-state index >= 15 is 0 Å². The summed E-state index contributed by atoms with van der Waals surface area (Å²) in [6.07, 6.45) is 9.33. The molecule has 1 unspecified atom stereocenters. The summed E-state index contributed by atoms with van der Waals surface area (Å²) in [5, 5.41) is 0. The summed E-state index contributed by atoms with van der Waals surface area (Å²) in [5.74, 6) is 0.0745. The molecule has 1 aromatic carbocycles. The average molecular weight is 295 g/mol. The van der Waals surface area contributed by atoms with E-state index < -0.39 is 0 Å². The quantitative estimate of drug-likeness (QED) is 0.593. The molecule has 1 rings (SSSR count). The summed E-state index contributed by atoms with van der Waals surface area (Å²) in [6, 6.07) is 5.19. The first-order valence-corrected chi connectivity index (χ1v) is 8.30.